The first kappa shape index (κ1) is 16.0. The van der Waals surface area contributed by atoms with Crippen LogP contribution >= 0.6 is 22.9 Å². The van der Waals surface area contributed by atoms with Gasteiger partial charge < -0.3 is 19.7 Å². The van der Waals surface area contributed by atoms with Crippen LogP contribution in [0.4, 0.5) is 5.13 Å². The first-order valence-electron chi connectivity index (χ1n) is 6.40. The van der Waals surface area contributed by atoms with Gasteiger partial charge in [0.1, 0.15) is 6.04 Å². The Balaban J connectivity index is 2.00. The van der Waals surface area contributed by atoms with Crippen molar-refractivity contribution in [3.63, 3.8) is 0 Å². The lowest BCUT2D eigenvalue weighted by Crippen LogP contribution is -2.46. The molecule has 1 N–H and O–H groups in total. The van der Waals surface area contributed by atoms with Crippen molar-refractivity contribution in [1.29, 1.82) is 0 Å². The van der Waals surface area contributed by atoms with E-state index >= 15 is 0 Å². The van der Waals surface area contributed by atoms with Crippen molar-refractivity contribution in [2.75, 3.05) is 38.7 Å². The largest absolute Gasteiger partial charge is 0.465 e. The molecule has 0 saturated carbocycles. The van der Waals surface area contributed by atoms with Gasteiger partial charge in [0.15, 0.2) is 15.2 Å². The number of methoxy groups -OCH3 is 1. The molecule has 9 heteroatoms. The number of hydrogen-bond acceptors (Lipinski definition) is 7. The lowest BCUT2D eigenvalue weighted by atomic mass is 10.2. The number of hydrogen-bond donors (Lipinski definition) is 1. The molecule has 1 saturated heterocycles. The average Bonchev–Trinajstić information content (AvgIpc) is 2.87. The van der Waals surface area contributed by atoms with Crippen LogP contribution in [0.1, 0.15) is 16.6 Å². The minimum Gasteiger partial charge on any atom is -0.465 e. The predicted molar refractivity (Wildman–Crippen MR) is 78.9 cm³/mol. The minimum atomic E-state index is -0.544. The fraction of sp³-hybridized carbons (Fsp3) is 0.583. The highest BCUT2D eigenvalue weighted by Crippen LogP contribution is 2.28. The molecule has 1 fully saturated rings. The molecule has 7 nitrogen and oxygen atoms in total. The Morgan fingerprint density at radius 3 is 2.76 bits per heavy atom. The molecule has 1 aliphatic heterocycles. The quantitative estimate of drug-likeness (QED) is 0.835. The molecule has 1 aromatic rings. The number of esters is 1. The van der Waals surface area contributed by atoms with E-state index in [0.29, 0.717) is 31.4 Å². The Morgan fingerprint density at radius 1 is 1.48 bits per heavy atom. The zero-order valence-corrected chi connectivity index (χ0v) is 13.3. The summed E-state index contributed by atoms with van der Waals surface area (Å²) in [6.07, 6.45) is 0. The molecule has 0 radical (unpaired) electrons. The van der Waals surface area contributed by atoms with Crippen molar-refractivity contribution >= 4 is 39.9 Å². The van der Waals surface area contributed by atoms with Crippen LogP contribution in [0.5, 0.6) is 0 Å². The van der Waals surface area contributed by atoms with Gasteiger partial charge in [0.25, 0.3) is 0 Å². The van der Waals surface area contributed by atoms with Crippen molar-refractivity contribution in [1.82, 2.24) is 9.88 Å². The van der Waals surface area contributed by atoms with Crippen molar-refractivity contribution in [2.24, 2.45) is 0 Å². The highest BCUT2D eigenvalue weighted by atomic mass is 35.5. The van der Waals surface area contributed by atoms with Gasteiger partial charge in [-0.05, 0) is 6.92 Å². The molecule has 0 aliphatic carbocycles. The molecule has 21 heavy (non-hydrogen) atoms. The first-order chi connectivity index (χ1) is 10.0. The standard InChI is InChI=1S/C12H16ClN3O4S/c1-7(10(17)16-3-5-20-6-4-16)14-12-15-9(13)8(21-12)11(18)19-2/h7H,3-6H2,1-2H3,(H,14,15). The Morgan fingerprint density at radius 2 is 2.14 bits per heavy atom. The van der Waals surface area contributed by atoms with Gasteiger partial charge in [0, 0.05) is 13.1 Å². The van der Waals surface area contributed by atoms with Gasteiger partial charge >= 0.3 is 5.97 Å². The molecule has 2 rings (SSSR count). The lowest BCUT2D eigenvalue weighted by molar-refractivity contribution is -0.135. The van der Waals surface area contributed by atoms with E-state index in [0.717, 1.165) is 11.3 Å². The maximum absolute atomic E-state index is 12.2. The second-order valence-electron chi connectivity index (χ2n) is 4.43. The number of ether oxygens (including phenoxy) is 2. The van der Waals surface area contributed by atoms with E-state index in [2.05, 4.69) is 15.0 Å². The van der Waals surface area contributed by atoms with Crippen LogP contribution in [-0.4, -0.2) is 61.2 Å². The number of morpholine rings is 1. The molecule has 1 aliphatic rings. The number of rotatable bonds is 4. The molecule has 1 aromatic heterocycles. The van der Waals surface area contributed by atoms with Crippen LogP contribution in [0, 0.1) is 0 Å². The molecule has 0 bridgehead atoms. The monoisotopic (exact) mass is 333 g/mol. The van der Waals surface area contributed by atoms with Gasteiger partial charge in [0.2, 0.25) is 5.91 Å². The Kier molecular flexibility index (Phi) is 5.38. The lowest BCUT2D eigenvalue weighted by Gasteiger charge is -2.29. The summed E-state index contributed by atoms with van der Waals surface area (Å²) in [6.45, 7) is 4.00. The molecule has 2 heterocycles. The summed E-state index contributed by atoms with van der Waals surface area (Å²) >= 11 is 6.94. The van der Waals surface area contributed by atoms with E-state index in [1.54, 1.807) is 11.8 Å². The van der Waals surface area contributed by atoms with E-state index in [9.17, 15) is 9.59 Å². The van der Waals surface area contributed by atoms with Crippen molar-refractivity contribution in [2.45, 2.75) is 13.0 Å². The fourth-order valence-electron chi connectivity index (χ4n) is 1.89. The number of aromatic nitrogens is 1. The number of nitrogens with zero attached hydrogens (tertiary/aromatic N) is 2. The summed E-state index contributed by atoms with van der Waals surface area (Å²) in [5, 5.41) is 3.44. The number of carbonyl (C=O) groups excluding carboxylic acids is 2. The Bertz CT molecular complexity index is 531. The maximum atomic E-state index is 12.2. The van der Waals surface area contributed by atoms with Crippen molar-refractivity contribution < 1.29 is 19.1 Å². The van der Waals surface area contributed by atoms with Gasteiger partial charge in [-0.1, -0.05) is 22.9 Å². The summed E-state index contributed by atoms with van der Waals surface area (Å²) in [7, 11) is 1.27. The average molecular weight is 334 g/mol. The molecule has 116 valence electrons. The first-order valence-corrected chi connectivity index (χ1v) is 7.60. The summed E-state index contributed by atoms with van der Waals surface area (Å²) in [6, 6.07) is -0.462. The highest BCUT2D eigenvalue weighted by Gasteiger charge is 2.24. The SMILES string of the molecule is COC(=O)c1sc(NC(C)C(=O)N2CCOCC2)nc1Cl. The number of carbonyl (C=O) groups is 2. The van der Waals surface area contributed by atoms with Gasteiger partial charge in [-0.2, -0.15) is 0 Å². The van der Waals surface area contributed by atoms with E-state index in [4.69, 9.17) is 16.3 Å². The normalized spacial score (nSPS) is 16.4. The van der Waals surface area contributed by atoms with Crippen LogP contribution in [0.25, 0.3) is 0 Å². The molecular weight excluding hydrogens is 318 g/mol. The van der Waals surface area contributed by atoms with Crippen LogP contribution in [0.2, 0.25) is 5.15 Å². The topological polar surface area (TPSA) is 80.8 Å². The van der Waals surface area contributed by atoms with Gasteiger partial charge in [-0.3, -0.25) is 4.79 Å². The molecule has 0 spiro atoms. The third kappa shape index (κ3) is 3.84. The number of halogens is 1. The molecule has 0 aromatic carbocycles. The van der Waals surface area contributed by atoms with Gasteiger partial charge in [-0.25, -0.2) is 9.78 Å². The van der Waals surface area contributed by atoms with E-state index in [1.807, 2.05) is 0 Å². The maximum Gasteiger partial charge on any atom is 0.351 e. The third-order valence-corrected chi connectivity index (χ3v) is 4.34. The third-order valence-electron chi connectivity index (χ3n) is 2.99. The van der Waals surface area contributed by atoms with Crippen molar-refractivity contribution in [3.8, 4) is 0 Å². The number of amides is 1. The molecular formula is C12H16ClN3O4S. The summed E-state index contributed by atoms with van der Waals surface area (Å²) in [5.41, 5.74) is 0. The molecule has 1 atom stereocenters. The Labute approximate surface area is 131 Å². The number of anilines is 1. The second-order valence-corrected chi connectivity index (χ2v) is 5.79. The highest BCUT2D eigenvalue weighted by molar-refractivity contribution is 7.18. The zero-order valence-electron chi connectivity index (χ0n) is 11.7. The van der Waals surface area contributed by atoms with Gasteiger partial charge in [-0.15, -0.1) is 0 Å². The summed E-state index contributed by atoms with van der Waals surface area (Å²) in [4.78, 5) is 29.7. The summed E-state index contributed by atoms with van der Waals surface area (Å²) in [5.74, 6) is -0.582. The predicted octanol–water partition coefficient (Wildman–Crippen LogP) is 1.24. The van der Waals surface area contributed by atoms with E-state index in [1.165, 1.54) is 7.11 Å². The number of thiazole rings is 1. The minimum absolute atomic E-state index is 0.0377. The molecule has 1 unspecified atom stereocenters. The van der Waals surface area contributed by atoms with E-state index < -0.39 is 12.0 Å². The van der Waals surface area contributed by atoms with Crippen molar-refractivity contribution in [3.05, 3.63) is 10.0 Å². The molecule has 1 amide bonds. The van der Waals surface area contributed by atoms with Crippen LogP contribution in [0.3, 0.4) is 0 Å². The smallest absolute Gasteiger partial charge is 0.351 e. The Hall–Kier alpha value is -1.38. The second kappa shape index (κ2) is 7.06. The van der Waals surface area contributed by atoms with Crippen LogP contribution < -0.4 is 5.32 Å². The van der Waals surface area contributed by atoms with Crippen LogP contribution in [0.15, 0.2) is 0 Å². The fourth-order valence-corrected chi connectivity index (χ4v) is 3.08. The number of nitrogens with one attached hydrogen (secondary N) is 1. The van der Waals surface area contributed by atoms with E-state index in [-0.39, 0.29) is 15.9 Å². The summed E-state index contributed by atoms with van der Waals surface area (Å²) < 4.78 is 9.82. The zero-order chi connectivity index (χ0) is 15.4. The van der Waals surface area contributed by atoms with Gasteiger partial charge in [0.05, 0.1) is 20.3 Å². The van der Waals surface area contributed by atoms with Crippen LogP contribution in [-0.2, 0) is 14.3 Å².